The average Bonchev–Trinajstić information content (AvgIpc) is 2.97. The Hall–Kier alpha value is -1.00. The van der Waals surface area contributed by atoms with Crippen LogP contribution in [0.2, 0.25) is 0 Å². The summed E-state index contributed by atoms with van der Waals surface area (Å²) in [6, 6.07) is 2.14. The van der Waals surface area contributed by atoms with E-state index in [1.54, 1.807) is 11.3 Å². The number of nitrogens with two attached hydrogens (primary N) is 1. The minimum absolute atomic E-state index is 0.626. The number of hydrogen-bond donors (Lipinski definition) is 1. The van der Waals surface area contributed by atoms with Crippen LogP contribution in [0, 0.1) is 0 Å². The Labute approximate surface area is 92.4 Å². The molecule has 0 amide bonds. The smallest absolute Gasteiger partial charge is 0.131 e. The summed E-state index contributed by atoms with van der Waals surface area (Å²) in [5.74, 6) is 1.59. The summed E-state index contributed by atoms with van der Waals surface area (Å²) in [6.45, 7) is 0.626. The molecule has 0 spiro atoms. The molecule has 0 atom stereocenters. The number of fused-ring (bicyclic) bond motifs is 1. The van der Waals surface area contributed by atoms with Crippen molar-refractivity contribution in [2.45, 2.75) is 25.2 Å². The van der Waals surface area contributed by atoms with Gasteiger partial charge in [0, 0.05) is 17.7 Å². The van der Waals surface area contributed by atoms with E-state index in [9.17, 15) is 0 Å². The monoisotopic (exact) mass is 219 g/mol. The molecule has 78 valence electrons. The van der Waals surface area contributed by atoms with Crippen molar-refractivity contribution in [1.82, 2.24) is 9.97 Å². The highest BCUT2D eigenvalue weighted by Gasteiger charge is 2.27. The van der Waals surface area contributed by atoms with Gasteiger partial charge in [0.2, 0.25) is 0 Å². The second-order valence-electron chi connectivity index (χ2n) is 3.98. The zero-order chi connectivity index (χ0) is 10.3. The first kappa shape index (κ1) is 9.24. The normalized spacial score (nSPS) is 16.1. The lowest BCUT2D eigenvalue weighted by molar-refractivity contribution is 0.855. The van der Waals surface area contributed by atoms with Crippen molar-refractivity contribution in [3.05, 3.63) is 23.0 Å². The molecule has 3 nitrogen and oxygen atoms in total. The summed E-state index contributed by atoms with van der Waals surface area (Å²) in [5.41, 5.74) is 6.80. The average molecular weight is 219 g/mol. The van der Waals surface area contributed by atoms with Gasteiger partial charge in [-0.05, 0) is 30.8 Å². The first-order chi connectivity index (χ1) is 7.38. The predicted octanol–water partition coefficient (Wildman–Crippen LogP) is 2.07. The number of hydrogen-bond acceptors (Lipinski definition) is 4. The van der Waals surface area contributed by atoms with E-state index in [0.717, 1.165) is 17.1 Å². The van der Waals surface area contributed by atoms with Gasteiger partial charge in [0.25, 0.3) is 0 Å². The molecule has 4 heteroatoms. The van der Waals surface area contributed by atoms with Gasteiger partial charge in [-0.1, -0.05) is 0 Å². The van der Waals surface area contributed by atoms with Gasteiger partial charge in [-0.2, -0.15) is 0 Å². The molecule has 1 aliphatic carbocycles. The maximum absolute atomic E-state index is 5.55. The molecular weight excluding hydrogens is 206 g/mol. The Bertz CT molecular complexity index is 488. The summed E-state index contributed by atoms with van der Waals surface area (Å²) in [6.07, 6.45) is 3.35. The molecule has 0 aliphatic heterocycles. The van der Waals surface area contributed by atoms with Gasteiger partial charge >= 0.3 is 0 Å². The van der Waals surface area contributed by atoms with E-state index >= 15 is 0 Å². The van der Waals surface area contributed by atoms with Gasteiger partial charge in [0.1, 0.15) is 10.7 Å². The minimum atomic E-state index is 0.626. The summed E-state index contributed by atoms with van der Waals surface area (Å²) in [5, 5.41) is 3.35. The van der Waals surface area contributed by atoms with Crippen LogP contribution in [-0.4, -0.2) is 16.5 Å². The first-order valence-electron chi connectivity index (χ1n) is 5.32. The summed E-state index contributed by atoms with van der Waals surface area (Å²) < 4.78 is 0. The SMILES string of the molecule is NCCc1nc(C2CC2)c2ccsc2n1. The van der Waals surface area contributed by atoms with E-state index < -0.39 is 0 Å². The van der Waals surface area contributed by atoms with Crippen molar-refractivity contribution in [3.63, 3.8) is 0 Å². The molecule has 2 N–H and O–H groups in total. The Morgan fingerprint density at radius 3 is 3.00 bits per heavy atom. The Morgan fingerprint density at radius 2 is 2.27 bits per heavy atom. The number of aromatic nitrogens is 2. The minimum Gasteiger partial charge on any atom is -0.330 e. The van der Waals surface area contributed by atoms with Crippen LogP contribution in [-0.2, 0) is 6.42 Å². The van der Waals surface area contributed by atoms with E-state index in [2.05, 4.69) is 21.4 Å². The molecule has 1 saturated carbocycles. The highest BCUT2D eigenvalue weighted by Crippen LogP contribution is 2.42. The predicted molar refractivity (Wildman–Crippen MR) is 62.1 cm³/mol. The Balaban J connectivity index is 2.15. The number of thiophene rings is 1. The molecule has 1 fully saturated rings. The van der Waals surface area contributed by atoms with Gasteiger partial charge in [-0.25, -0.2) is 9.97 Å². The molecule has 0 bridgehead atoms. The third-order valence-electron chi connectivity index (χ3n) is 2.73. The molecule has 0 saturated heterocycles. The van der Waals surface area contributed by atoms with Crippen molar-refractivity contribution in [2.24, 2.45) is 5.73 Å². The number of nitrogens with zero attached hydrogens (tertiary/aromatic N) is 2. The van der Waals surface area contributed by atoms with Crippen molar-refractivity contribution >= 4 is 21.6 Å². The molecule has 0 radical (unpaired) electrons. The van der Waals surface area contributed by atoms with E-state index in [4.69, 9.17) is 5.73 Å². The van der Waals surface area contributed by atoms with Gasteiger partial charge < -0.3 is 5.73 Å². The van der Waals surface area contributed by atoms with E-state index in [1.807, 2.05) is 0 Å². The standard InChI is InChI=1S/C11H13N3S/c12-5-3-9-13-10(7-1-2-7)8-4-6-15-11(8)14-9/h4,6-7H,1-3,5,12H2. The van der Waals surface area contributed by atoms with Crippen LogP contribution >= 0.6 is 11.3 Å². The van der Waals surface area contributed by atoms with Crippen LogP contribution in [0.5, 0.6) is 0 Å². The largest absolute Gasteiger partial charge is 0.330 e. The molecule has 0 aromatic carbocycles. The summed E-state index contributed by atoms with van der Waals surface area (Å²) >= 11 is 1.69. The highest BCUT2D eigenvalue weighted by atomic mass is 32.1. The van der Waals surface area contributed by atoms with Crippen LogP contribution in [0.15, 0.2) is 11.4 Å². The second-order valence-corrected chi connectivity index (χ2v) is 4.87. The maximum atomic E-state index is 5.55. The molecule has 1 aliphatic rings. The summed E-state index contributed by atoms with van der Waals surface area (Å²) in [4.78, 5) is 10.3. The van der Waals surface area contributed by atoms with Crippen molar-refractivity contribution in [2.75, 3.05) is 6.54 Å². The Kier molecular flexibility index (Phi) is 2.18. The molecule has 2 aromatic rings. The zero-order valence-electron chi connectivity index (χ0n) is 8.44. The molecular formula is C11H13N3S. The maximum Gasteiger partial charge on any atom is 0.131 e. The molecule has 3 rings (SSSR count). The van der Waals surface area contributed by atoms with Crippen LogP contribution in [0.3, 0.4) is 0 Å². The molecule has 2 aromatic heterocycles. The fraction of sp³-hybridized carbons (Fsp3) is 0.455. The van der Waals surface area contributed by atoms with Crippen LogP contribution < -0.4 is 5.73 Å². The second kappa shape index (κ2) is 3.54. The van der Waals surface area contributed by atoms with E-state index in [1.165, 1.54) is 23.9 Å². The van der Waals surface area contributed by atoms with Crippen molar-refractivity contribution in [3.8, 4) is 0 Å². The third kappa shape index (κ3) is 1.64. The lowest BCUT2D eigenvalue weighted by Crippen LogP contribution is -2.07. The molecule has 0 unspecified atom stereocenters. The fourth-order valence-electron chi connectivity index (χ4n) is 1.83. The first-order valence-corrected chi connectivity index (χ1v) is 6.20. The Morgan fingerprint density at radius 1 is 1.40 bits per heavy atom. The fourth-order valence-corrected chi connectivity index (χ4v) is 2.62. The highest BCUT2D eigenvalue weighted by molar-refractivity contribution is 7.16. The van der Waals surface area contributed by atoms with E-state index in [-0.39, 0.29) is 0 Å². The van der Waals surface area contributed by atoms with Crippen LogP contribution in [0.25, 0.3) is 10.2 Å². The number of rotatable bonds is 3. The topological polar surface area (TPSA) is 51.8 Å². The van der Waals surface area contributed by atoms with Gasteiger partial charge in [0.15, 0.2) is 0 Å². The molecule has 15 heavy (non-hydrogen) atoms. The molecule has 2 heterocycles. The summed E-state index contributed by atoms with van der Waals surface area (Å²) in [7, 11) is 0. The third-order valence-corrected chi connectivity index (χ3v) is 3.54. The van der Waals surface area contributed by atoms with Gasteiger partial charge in [-0.15, -0.1) is 11.3 Å². The van der Waals surface area contributed by atoms with E-state index in [0.29, 0.717) is 12.5 Å². The quantitative estimate of drug-likeness (QED) is 0.859. The van der Waals surface area contributed by atoms with Crippen molar-refractivity contribution in [1.29, 1.82) is 0 Å². The lowest BCUT2D eigenvalue weighted by Gasteiger charge is -2.03. The van der Waals surface area contributed by atoms with Crippen LogP contribution in [0.1, 0.15) is 30.3 Å². The van der Waals surface area contributed by atoms with Gasteiger partial charge in [0.05, 0.1) is 5.69 Å². The van der Waals surface area contributed by atoms with Gasteiger partial charge in [-0.3, -0.25) is 0 Å². The lowest BCUT2D eigenvalue weighted by atomic mass is 10.2. The zero-order valence-corrected chi connectivity index (χ0v) is 9.26. The van der Waals surface area contributed by atoms with Crippen molar-refractivity contribution < 1.29 is 0 Å². The van der Waals surface area contributed by atoms with Crippen LogP contribution in [0.4, 0.5) is 0 Å².